The highest BCUT2D eigenvalue weighted by molar-refractivity contribution is 5.83. The second-order valence-corrected chi connectivity index (χ2v) is 4.03. The van der Waals surface area contributed by atoms with E-state index in [0.717, 1.165) is 0 Å². The third kappa shape index (κ3) is 3.19. The summed E-state index contributed by atoms with van der Waals surface area (Å²) in [6.45, 7) is 0.598. The van der Waals surface area contributed by atoms with Crippen LogP contribution in [0.3, 0.4) is 0 Å². The van der Waals surface area contributed by atoms with Gasteiger partial charge in [0.25, 0.3) is 0 Å². The first-order valence-corrected chi connectivity index (χ1v) is 5.48. The van der Waals surface area contributed by atoms with Gasteiger partial charge in [-0.05, 0) is 0 Å². The molecule has 1 rings (SSSR count). The number of carbonyl (C=O) groups excluding carboxylic acids is 3. The van der Waals surface area contributed by atoms with Crippen molar-refractivity contribution in [3.05, 3.63) is 0 Å². The molecule has 102 valence electrons. The molecule has 0 aromatic heterocycles. The summed E-state index contributed by atoms with van der Waals surface area (Å²) in [5.41, 5.74) is 0. The number of rotatable bonds is 4. The van der Waals surface area contributed by atoms with Gasteiger partial charge in [0.2, 0.25) is 0 Å². The van der Waals surface area contributed by atoms with Crippen molar-refractivity contribution in [2.45, 2.75) is 0 Å². The fourth-order valence-electron chi connectivity index (χ4n) is 2.04. The molecule has 0 aliphatic carbocycles. The van der Waals surface area contributed by atoms with Crippen molar-refractivity contribution >= 4 is 17.9 Å². The fraction of sp³-hybridized carbons (Fsp3) is 0.727. The molecule has 7 heteroatoms. The molecule has 0 radical (unpaired) electrons. The minimum Gasteiger partial charge on any atom is -0.469 e. The van der Waals surface area contributed by atoms with Crippen molar-refractivity contribution in [3.8, 4) is 0 Å². The van der Waals surface area contributed by atoms with Gasteiger partial charge in [-0.1, -0.05) is 0 Å². The van der Waals surface area contributed by atoms with Crippen LogP contribution in [-0.4, -0.2) is 63.8 Å². The number of carbonyl (C=O) groups is 3. The van der Waals surface area contributed by atoms with Crippen molar-refractivity contribution in [2.24, 2.45) is 11.8 Å². The van der Waals surface area contributed by atoms with Crippen LogP contribution in [0.2, 0.25) is 0 Å². The van der Waals surface area contributed by atoms with E-state index in [4.69, 9.17) is 0 Å². The van der Waals surface area contributed by atoms with Crippen LogP contribution in [-0.2, 0) is 28.6 Å². The number of ether oxygens (including phenoxy) is 3. The molecule has 0 aromatic carbocycles. The van der Waals surface area contributed by atoms with E-state index in [1.54, 1.807) is 4.90 Å². The average Bonchev–Trinajstić information content (AvgIpc) is 2.80. The highest BCUT2D eigenvalue weighted by atomic mass is 16.5. The molecule has 0 spiro atoms. The molecule has 1 aliphatic rings. The van der Waals surface area contributed by atoms with Crippen LogP contribution in [0.4, 0.5) is 0 Å². The van der Waals surface area contributed by atoms with Crippen molar-refractivity contribution in [1.29, 1.82) is 0 Å². The lowest BCUT2D eigenvalue weighted by molar-refractivity contribution is -0.155. The van der Waals surface area contributed by atoms with Gasteiger partial charge in [-0.15, -0.1) is 0 Å². The molecule has 1 heterocycles. The van der Waals surface area contributed by atoms with E-state index in [2.05, 4.69) is 14.2 Å². The van der Waals surface area contributed by atoms with Crippen LogP contribution in [0.1, 0.15) is 0 Å². The molecule has 0 aromatic rings. The molecule has 0 N–H and O–H groups in total. The SMILES string of the molecule is COC(=O)CN1C[C@H](C(=O)OC)[C@@H](C(=O)OC)C1. The maximum atomic E-state index is 11.6. The quantitative estimate of drug-likeness (QED) is 0.475. The number of methoxy groups -OCH3 is 3. The summed E-state index contributed by atoms with van der Waals surface area (Å²) in [5.74, 6) is -2.57. The maximum Gasteiger partial charge on any atom is 0.319 e. The van der Waals surface area contributed by atoms with Crippen LogP contribution >= 0.6 is 0 Å². The predicted octanol–water partition coefficient (Wildman–Crippen LogP) is -0.947. The smallest absolute Gasteiger partial charge is 0.319 e. The van der Waals surface area contributed by atoms with Gasteiger partial charge in [0.15, 0.2) is 0 Å². The molecule has 1 aliphatic heterocycles. The zero-order valence-corrected chi connectivity index (χ0v) is 10.7. The molecule has 1 saturated heterocycles. The van der Waals surface area contributed by atoms with Crippen LogP contribution in [0, 0.1) is 11.8 Å². The first-order chi connectivity index (χ1) is 8.53. The topological polar surface area (TPSA) is 82.1 Å². The van der Waals surface area contributed by atoms with E-state index in [0.29, 0.717) is 0 Å². The molecule has 1 fully saturated rings. The van der Waals surface area contributed by atoms with E-state index in [1.165, 1.54) is 21.3 Å². The minimum absolute atomic E-state index is 0.0392. The predicted molar refractivity (Wildman–Crippen MR) is 59.5 cm³/mol. The van der Waals surface area contributed by atoms with Gasteiger partial charge in [-0.2, -0.15) is 0 Å². The maximum absolute atomic E-state index is 11.6. The number of hydrogen-bond donors (Lipinski definition) is 0. The summed E-state index contributed by atoms with van der Waals surface area (Å²) in [4.78, 5) is 36.0. The van der Waals surface area contributed by atoms with E-state index in [1.807, 2.05) is 0 Å². The number of esters is 3. The van der Waals surface area contributed by atoms with Gasteiger partial charge >= 0.3 is 17.9 Å². The second kappa shape index (κ2) is 6.34. The molecule has 0 saturated carbocycles. The summed E-state index contributed by atoms with van der Waals surface area (Å²) in [7, 11) is 3.81. The van der Waals surface area contributed by atoms with Crippen LogP contribution < -0.4 is 0 Å². The Hall–Kier alpha value is -1.63. The Balaban J connectivity index is 2.72. The zero-order valence-electron chi connectivity index (χ0n) is 10.7. The molecule has 7 nitrogen and oxygen atoms in total. The Kier molecular flexibility index (Phi) is 5.08. The molecule has 0 bridgehead atoms. The second-order valence-electron chi connectivity index (χ2n) is 4.03. The molecular formula is C11H17NO6. The zero-order chi connectivity index (χ0) is 13.7. The molecule has 0 unspecified atom stereocenters. The third-order valence-corrected chi connectivity index (χ3v) is 2.98. The lowest BCUT2D eigenvalue weighted by Gasteiger charge is -2.13. The fourth-order valence-corrected chi connectivity index (χ4v) is 2.04. The molecule has 18 heavy (non-hydrogen) atoms. The lowest BCUT2D eigenvalue weighted by Crippen LogP contribution is -2.30. The van der Waals surface area contributed by atoms with Gasteiger partial charge in [0, 0.05) is 13.1 Å². The standard InChI is InChI=1S/C11H17NO6/c1-16-9(13)6-12-4-7(10(14)17-2)8(5-12)11(15)18-3/h7-8H,4-6H2,1-3H3/t7-,8-/m0/s1. The lowest BCUT2D eigenvalue weighted by atomic mass is 9.96. The Morgan fingerprint density at radius 2 is 1.39 bits per heavy atom. The van der Waals surface area contributed by atoms with Gasteiger partial charge in [-0.25, -0.2) is 0 Å². The first-order valence-electron chi connectivity index (χ1n) is 5.48. The molecule has 0 amide bonds. The van der Waals surface area contributed by atoms with Crippen molar-refractivity contribution < 1.29 is 28.6 Å². The van der Waals surface area contributed by atoms with E-state index >= 15 is 0 Å². The Bertz CT molecular complexity index is 318. The van der Waals surface area contributed by atoms with Crippen LogP contribution in [0.15, 0.2) is 0 Å². The third-order valence-electron chi connectivity index (χ3n) is 2.98. The molecule has 2 atom stereocenters. The van der Waals surface area contributed by atoms with Gasteiger partial charge in [0.1, 0.15) is 0 Å². The van der Waals surface area contributed by atoms with Crippen molar-refractivity contribution in [1.82, 2.24) is 4.90 Å². The average molecular weight is 259 g/mol. The van der Waals surface area contributed by atoms with Gasteiger partial charge < -0.3 is 14.2 Å². The summed E-state index contributed by atoms with van der Waals surface area (Å²) >= 11 is 0. The number of likely N-dealkylation sites (tertiary alicyclic amines) is 1. The summed E-state index contributed by atoms with van der Waals surface area (Å²) in [6, 6.07) is 0. The Morgan fingerprint density at radius 3 is 1.72 bits per heavy atom. The molecular weight excluding hydrogens is 242 g/mol. The minimum atomic E-state index is -0.605. The van der Waals surface area contributed by atoms with Crippen LogP contribution in [0.5, 0.6) is 0 Å². The number of hydrogen-bond acceptors (Lipinski definition) is 7. The van der Waals surface area contributed by atoms with E-state index in [-0.39, 0.29) is 19.6 Å². The van der Waals surface area contributed by atoms with E-state index in [9.17, 15) is 14.4 Å². The Labute approximate surface area is 105 Å². The van der Waals surface area contributed by atoms with Crippen molar-refractivity contribution in [2.75, 3.05) is 41.0 Å². The monoisotopic (exact) mass is 259 g/mol. The van der Waals surface area contributed by atoms with Crippen molar-refractivity contribution in [3.63, 3.8) is 0 Å². The highest BCUT2D eigenvalue weighted by Gasteiger charge is 2.43. The van der Waals surface area contributed by atoms with E-state index < -0.39 is 29.7 Å². The summed E-state index contributed by atoms with van der Waals surface area (Å²) in [5, 5.41) is 0. The van der Waals surface area contributed by atoms with Gasteiger partial charge in [0.05, 0.1) is 39.7 Å². The summed E-state index contributed by atoms with van der Waals surface area (Å²) in [6.07, 6.45) is 0. The summed E-state index contributed by atoms with van der Waals surface area (Å²) < 4.78 is 13.8. The first kappa shape index (κ1) is 14.4. The van der Waals surface area contributed by atoms with Gasteiger partial charge in [-0.3, -0.25) is 19.3 Å². The Morgan fingerprint density at radius 1 is 0.944 bits per heavy atom. The van der Waals surface area contributed by atoms with Crippen LogP contribution in [0.25, 0.3) is 0 Å². The number of nitrogens with zero attached hydrogens (tertiary/aromatic N) is 1. The normalized spacial score (nSPS) is 23.5. The largest absolute Gasteiger partial charge is 0.469 e. The highest BCUT2D eigenvalue weighted by Crippen LogP contribution is 2.25.